The molecule has 0 aromatic heterocycles. The molecular formula is C3H3NRu. The monoisotopic (exact) mass is 155 g/mol. The second-order valence-corrected chi connectivity index (χ2v) is 0.333. The third kappa shape index (κ3) is 18.2. The summed E-state index contributed by atoms with van der Waals surface area (Å²) in [4.78, 5) is 0. The summed E-state index contributed by atoms with van der Waals surface area (Å²) in [5.74, 6) is 0. The van der Waals surface area contributed by atoms with E-state index < -0.39 is 0 Å². The zero-order chi connectivity index (χ0) is 3.41. The third-order valence-corrected chi connectivity index (χ3v) is 0.0913. The van der Waals surface area contributed by atoms with Crippen LogP contribution in [0.2, 0.25) is 0 Å². The number of nitriles is 1. The van der Waals surface area contributed by atoms with E-state index in [9.17, 15) is 0 Å². The molecule has 0 saturated carbocycles. The Balaban J connectivity index is 0. The third-order valence-electron chi connectivity index (χ3n) is 0.0913. The first kappa shape index (κ1) is 8.85. The van der Waals surface area contributed by atoms with Crippen LogP contribution in [0, 0.1) is 11.3 Å². The maximum atomic E-state index is 7.51. The molecule has 0 rings (SSSR count). The maximum absolute atomic E-state index is 7.51. The van der Waals surface area contributed by atoms with E-state index in [4.69, 9.17) is 5.26 Å². The summed E-state index contributed by atoms with van der Waals surface area (Å²) in [5.41, 5.74) is 0. The first-order chi connectivity index (χ1) is 1.91. The van der Waals surface area contributed by atoms with Gasteiger partial charge in [-0.15, -0.1) is 0 Å². The molecule has 0 radical (unpaired) electrons. The average Bonchev–Trinajstić information content (AvgIpc) is 1.37. The van der Waals surface area contributed by atoms with Crippen molar-refractivity contribution in [3.05, 3.63) is 12.7 Å². The first-order valence-corrected chi connectivity index (χ1v) is 0.921. The molecule has 0 unspecified atom stereocenters. The number of nitrogens with zero attached hydrogens (tertiary/aromatic N) is 1. The summed E-state index contributed by atoms with van der Waals surface area (Å²) >= 11 is 0. The normalized spacial score (nSPS) is 3.00. The Bertz CT molecular complexity index is 52.4. The Morgan fingerprint density at radius 2 is 2.00 bits per heavy atom. The van der Waals surface area contributed by atoms with Crippen LogP contribution in [0.3, 0.4) is 0 Å². The minimum absolute atomic E-state index is 0. The van der Waals surface area contributed by atoms with Gasteiger partial charge in [-0.3, -0.25) is 0 Å². The summed E-state index contributed by atoms with van der Waals surface area (Å²) in [6.07, 6.45) is 1.18. The molecule has 0 fully saturated rings. The summed E-state index contributed by atoms with van der Waals surface area (Å²) in [5, 5.41) is 7.51. The van der Waals surface area contributed by atoms with Crippen molar-refractivity contribution in [1.82, 2.24) is 0 Å². The standard InChI is InChI=1S/C3H3N.Ru/c1-2-3-4;/h2H,1H2;. The van der Waals surface area contributed by atoms with Crippen LogP contribution in [0.15, 0.2) is 12.7 Å². The molecule has 0 atom stereocenters. The predicted octanol–water partition coefficient (Wildman–Crippen LogP) is 0.693. The van der Waals surface area contributed by atoms with E-state index >= 15 is 0 Å². The van der Waals surface area contributed by atoms with E-state index in [2.05, 4.69) is 6.58 Å². The van der Waals surface area contributed by atoms with Gasteiger partial charge in [-0.2, -0.15) is 5.26 Å². The van der Waals surface area contributed by atoms with Crippen LogP contribution in [0.25, 0.3) is 0 Å². The van der Waals surface area contributed by atoms with Gasteiger partial charge in [0.05, 0.1) is 6.07 Å². The van der Waals surface area contributed by atoms with Crippen molar-refractivity contribution < 1.29 is 19.5 Å². The van der Waals surface area contributed by atoms with Crippen LogP contribution in [0.4, 0.5) is 0 Å². The quantitative estimate of drug-likeness (QED) is 0.372. The van der Waals surface area contributed by atoms with Gasteiger partial charge in [0.25, 0.3) is 0 Å². The van der Waals surface area contributed by atoms with E-state index in [0.29, 0.717) is 0 Å². The van der Waals surface area contributed by atoms with Crippen LogP contribution < -0.4 is 0 Å². The number of rotatable bonds is 0. The number of hydrogen-bond donors (Lipinski definition) is 0. The molecular weight excluding hydrogens is 151 g/mol. The first-order valence-electron chi connectivity index (χ1n) is 0.921. The molecule has 0 aliphatic heterocycles. The van der Waals surface area contributed by atoms with Crippen LogP contribution in [-0.2, 0) is 19.5 Å². The van der Waals surface area contributed by atoms with E-state index in [1.807, 2.05) is 0 Å². The van der Waals surface area contributed by atoms with Crippen molar-refractivity contribution >= 4 is 0 Å². The molecule has 0 amide bonds. The summed E-state index contributed by atoms with van der Waals surface area (Å²) in [6.45, 7) is 3.12. The SMILES string of the molecule is C=CC#N.[Ru]. The van der Waals surface area contributed by atoms with Crippen molar-refractivity contribution in [2.45, 2.75) is 0 Å². The van der Waals surface area contributed by atoms with E-state index in [-0.39, 0.29) is 19.5 Å². The van der Waals surface area contributed by atoms with Crippen LogP contribution in [0.5, 0.6) is 0 Å². The second-order valence-electron chi connectivity index (χ2n) is 0.333. The van der Waals surface area contributed by atoms with Crippen molar-refractivity contribution in [1.29, 1.82) is 5.26 Å². The van der Waals surface area contributed by atoms with E-state index in [1.54, 1.807) is 6.07 Å². The van der Waals surface area contributed by atoms with Crippen LogP contribution in [0.1, 0.15) is 0 Å². The molecule has 0 heterocycles. The largest absolute Gasteiger partial charge is 0.193 e. The topological polar surface area (TPSA) is 23.8 Å². The molecule has 0 aliphatic rings. The molecule has 0 bridgehead atoms. The number of allylic oxidation sites excluding steroid dienone is 1. The number of hydrogen-bond acceptors (Lipinski definition) is 1. The van der Waals surface area contributed by atoms with Gasteiger partial charge >= 0.3 is 0 Å². The average molecular weight is 154 g/mol. The van der Waals surface area contributed by atoms with E-state index in [0.717, 1.165) is 0 Å². The van der Waals surface area contributed by atoms with Crippen molar-refractivity contribution in [3.8, 4) is 6.07 Å². The summed E-state index contributed by atoms with van der Waals surface area (Å²) < 4.78 is 0. The minimum Gasteiger partial charge on any atom is -0.193 e. The van der Waals surface area contributed by atoms with Crippen molar-refractivity contribution in [2.75, 3.05) is 0 Å². The van der Waals surface area contributed by atoms with E-state index in [1.165, 1.54) is 6.08 Å². The fourth-order valence-electron chi connectivity index (χ4n) is 0. The second kappa shape index (κ2) is 9.13. The smallest absolute Gasteiger partial charge is 0.0905 e. The molecule has 0 aromatic rings. The van der Waals surface area contributed by atoms with Gasteiger partial charge in [0, 0.05) is 25.6 Å². The van der Waals surface area contributed by atoms with Crippen LogP contribution >= 0.6 is 0 Å². The van der Waals surface area contributed by atoms with Crippen LogP contribution in [-0.4, -0.2) is 0 Å². The van der Waals surface area contributed by atoms with Gasteiger partial charge in [0.1, 0.15) is 0 Å². The zero-order valence-electron chi connectivity index (χ0n) is 2.59. The fourth-order valence-corrected chi connectivity index (χ4v) is 0. The van der Waals surface area contributed by atoms with Gasteiger partial charge in [-0.1, -0.05) is 6.58 Å². The molecule has 0 saturated heterocycles. The molecule has 5 heavy (non-hydrogen) atoms. The molecule has 0 spiro atoms. The van der Waals surface area contributed by atoms with Gasteiger partial charge < -0.3 is 0 Å². The Hall–Kier alpha value is -0.147. The fraction of sp³-hybridized carbons (Fsp3) is 0. The van der Waals surface area contributed by atoms with Gasteiger partial charge in [-0.25, -0.2) is 0 Å². The summed E-state index contributed by atoms with van der Waals surface area (Å²) in [6, 6.07) is 1.69. The molecule has 28 valence electrons. The molecule has 0 aliphatic carbocycles. The van der Waals surface area contributed by atoms with Gasteiger partial charge in [0.2, 0.25) is 0 Å². The van der Waals surface area contributed by atoms with Gasteiger partial charge in [-0.05, 0) is 0 Å². The molecule has 1 nitrogen and oxygen atoms in total. The minimum atomic E-state index is 0. The molecule has 2 heteroatoms. The molecule has 0 N–H and O–H groups in total. The Kier molecular flexibility index (Phi) is 16.2. The summed E-state index contributed by atoms with van der Waals surface area (Å²) in [7, 11) is 0. The Morgan fingerprint density at radius 3 is 2.00 bits per heavy atom. The van der Waals surface area contributed by atoms with Crippen molar-refractivity contribution in [3.63, 3.8) is 0 Å². The Morgan fingerprint density at radius 1 is 1.80 bits per heavy atom. The maximum Gasteiger partial charge on any atom is 0.0905 e. The zero-order valence-corrected chi connectivity index (χ0v) is 4.32. The molecule has 0 aromatic carbocycles. The predicted molar refractivity (Wildman–Crippen MR) is 15.8 cm³/mol. The van der Waals surface area contributed by atoms with Gasteiger partial charge in [0.15, 0.2) is 0 Å². The Labute approximate surface area is 44.1 Å². The van der Waals surface area contributed by atoms with Crippen molar-refractivity contribution in [2.24, 2.45) is 0 Å².